The molecule has 0 amide bonds. The third-order valence-corrected chi connectivity index (χ3v) is 2.85. The molecule has 0 aromatic heterocycles. The highest BCUT2D eigenvalue weighted by atomic mass is 16.7. The van der Waals surface area contributed by atoms with Crippen LogP contribution in [0.25, 0.3) is 0 Å². The third kappa shape index (κ3) is 15.4. The zero-order valence-corrected chi connectivity index (χ0v) is 11.6. The molecule has 0 unspecified atom stereocenters. The minimum Gasteiger partial charge on any atom is -0.371 e. The standard InChI is InChI=1S/C14H29NO2/c1-3-4-5-6-7-8-9-10-11-12-13-15-17-14(2)16/h15H,3-13H2,1-2H3. The molecule has 0 aromatic carbocycles. The Balaban J connectivity index is 2.91. The molecule has 0 aliphatic heterocycles. The number of nitrogens with one attached hydrogen (secondary N) is 1. The Labute approximate surface area is 106 Å². The quantitative estimate of drug-likeness (QED) is 0.416. The number of hydrogen-bond donors (Lipinski definition) is 1. The maximum Gasteiger partial charge on any atom is 0.321 e. The zero-order valence-electron chi connectivity index (χ0n) is 11.6. The maximum atomic E-state index is 10.4. The van der Waals surface area contributed by atoms with E-state index in [0.29, 0.717) is 0 Å². The van der Waals surface area contributed by atoms with E-state index >= 15 is 0 Å². The molecule has 0 aliphatic carbocycles. The SMILES string of the molecule is CCCCCCCCCCCCNOC(C)=O. The summed E-state index contributed by atoms with van der Waals surface area (Å²) in [6.45, 7) is 4.44. The van der Waals surface area contributed by atoms with Crippen LogP contribution in [0.4, 0.5) is 0 Å². The molecule has 0 saturated carbocycles. The molecule has 0 atom stereocenters. The summed E-state index contributed by atoms with van der Waals surface area (Å²) >= 11 is 0. The summed E-state index contributed by atoms with van der Waals surface area (Å²) in [4.78, 5) is 15.1. The molecular weight excluding hydrogens is 214 g/mol. The number of carbonyl (C=O) groups is 1. The van der Waals surface area contributed by atoms with Crippen molar-refractivity contribution in [3.05, 3.63) is 0 Å². The van der Waals surface area contributed by atoms with Crippen LogP contribution in [0.15, 0.2) is 0 Å². The monoisotopic (exact) mass is 243 g/mol. The van der Waals surface area contributed by atoms with Gasteiger partial charge in [0.15, 0.2) is 0 Å². The van der Waals surface area contributed by atoms with E-state index < -0.39 is 0 Å². The van der Waals surface area contributed by atoms with Crippen LogP contribution in [-0.2, 0) is 9.63 Å². The lowest BCUT2D eigenvalue weighted by molar-refractivity contribution is -0.148. The van der Waals surface area contributed by atoms with E-state index in [0.717, 1.165) is 13.0 Å². The van der Waals surface area contributed by atoms with Crippen LogP contribution in [0.1, 0.15) is 78.1 Å². The maximum absolute atomic E-state index is 10.4. The van der Waals surface area contributed by atoms with E-state index in [-0.39, 0.29) is 5.97 Å². The average molecular weight is 243 g/mol. The largest absolute Gasteiger partial charge is 0.371 e. The third-order valence-electron chi connectivity index (χ3n) is 2.85. The smallest absolute Gasteiger partial charge is 0.321 e. The normalized spacial score (nSPS) is 10.5. The van der Waals surface area contributed by atoms with Crippen molar-refractivity contribution in [1.29, 1.82) is 0 Å². The van der Waals surface area contributed by atoms with Gasteiger partial charge in [-0.05, 0) is 6.42 Å². The van der Waals surface area contributed by atoms with Gasteiger partial charge in [0.25, 0.3) is 0 Å². The van der Waals surface area contributed by atoms with Crippen molar-refractivity contribution in [3.8, 4) is 0 Å². The van der Waals surface area contributed by atoms with Crippen molar-refractivity contribution in [2.75, 3.05) is 6.54 Å². The molecule has 0 heterocycles. The summed E-state index contributed by atoms with van der Waals surface area (Å²) in [5, 5.41) is 0. The molecule has 0 fully saturated rings. The lowest BCUT2D eigenvalue weighted by Gasteiger charge is -2.03. The zero-order chi connectivity index (χ0) is 12.8. The van der Waals surface area contributed by atoms with Crippen molar-refractivity contribution in [1.82, 2.24) is 5.48 Å². The lowest BCUT2D eigenvalue weighted by atomic mass is 10.1. The van der Waals surface area contributed by atoms with E-state index in [2.05, 4.69) is 17.2 Å². The molecule has 0 aromatic rings. The van der Waals surface area contributed by atoms with Gasteiger partial charge >= 0.3 is 5.97 Å². The van der Waals surface area contributed by atoms with Crippen molar-refractivity contribution in [2.24, 2.45) is 0 Å². The topological polar surface area (TPSA) is 38.3 Å². The molecular formula is C14H29NO2. The van der Waals surface area contributed by atoms with Gasteiger partial charge in [0.2, 0.25) is 0 Å². The van der Waals surface area contributed by atoms with Crippen LogP contribution in [0.3, 0.4) is 0 Å². The fraction of sp³-hybridized carbons (Fsp3) is 0.929. The molecule has 102 valence electrons. The van der Waals surface area contributed by atoms with Gasteiger partial charge in [-0.15, -0.1) is 0 Å². The van der Waals surface area contributed by atoms with Crippen molar-refractivity contribution in [2.45, 2.75) is 78.1 Å². The van der Waals surface area contributed by atoms with Gasteiger partial charge in [-0.2, -0.15) is 5.48 Å². The summed E-state index contributed by atoms with van der Waals surface area (Å²) in [5.74, 6) is -0.267. The molecule has 3 nitrogen and oxygen atoms in total. The van der Waals surface area contributed by atoms with Crippen molar-refractivity contribution in [3.63, 3.8) is 0 Å². The van der Waals surface area contributed by atoms with Crippen LogP contribution in [-0.4, -0.2) is 12.5 Å². The highest BCUT2D eigenvalue weighted by Crippen LogP contribution is 2.10. The Morgan fingerprint density at radius 2 is 1.35 bits per heavy atom. The van der Waals surface area contributed by atoms with Crippen LogP contribution < -0.4 is 5.48 Å². The highest BCUT2D eigenvalue weighted by Gasteiger charge is 1.94. The van der Waals surface area contributed by atoms with E-state index in [1.165, 1.54) is 64.7 Å². The van der Waals surface area contributed by atoms with E-state index in [4.69, 9.17) is 0 Å². The van der Waals surface area contributed by atoms with Gasteiger partial charge in [-0.3, -0.25) is 4.79 Å². The first-order chi connectivity index (χ1) is 8.27. The van der Waals surface area contributed by atoms with Gasteiger partial charge < -0.3 is 4.84 Å². The second-order valence-corrected chi connectivity index (χ2v) is 4.67. The average Bonchev–Trinajstić information content (AvgIpc) is 2.30. The predicted octanol–water partition coefficient (Wildman–Crippen LogP) is 3.98. The first-order valence-electron chi connectivity index (χ1n) is 7.17. The molecule has 1 N–H and O–H groups in total. The first-order valence-corrected chi connectivity index (χ1v) is 7.17. The van der Waals surface area contributed by atoms with Crippen LogP contribution in [0.2, 0.25) is 0 Å². The second-order valence-electron chi connectivity index (χ2n) is 4.67. The Morgan fingerprint density at radius 3 is 1.82 bits per heavy atom. The minimum absolute atomic E-state index is 0.267. The van der Waals surface area contributed by atoms with Crippen LogP contribution in [0.5, 0.6) is 0 Å². The van der Waals surface area contributed by atoms with Crippen LogP contribution in [0, 0.1) is 0 Å². The van der Waals surface area contributed by atoms with Gasteiger partial charge in [0.05, 0.1) is 0 Å². The predicted molar refractivity (Wildman–Crippen MR) is 71.6 cm³/mol. The summed E-state index contributed by atoms with van der Waals surface area (Å²) in [7, 11) is 0. The molecule has 3 heteroatoms. The van der Waals surface area contributed by atoms with E-state index in [1.54, 1.807) is 0 Å². The Bertz CT molecular complexity index is 172. The molecule has 0 rings (SSSR count). The Hall–Kier alpha value is -0.570. The lowest BCUT2D eigenvalue weighted by Crippen LogP contribution is -2.18. The van der Waals surface area contributed by atoms with Crippen molar-refractivity contribution >= 4 is 5.97 Å². The fourth-order valence-electron chi connectivity index (χ4n) is 1.84. The minimum atomic E-state index is -0.267. The fourth-order valence-corrected chi connectivity index (χ4v) is 1.84. The molecule has 0 spiro atoms. The molecule has 0 radical (unpaired) electrons. The molecule has 17 heavy (non-hydrogen) atoms. The summed E-state index contributed by atoms with van der Waals surface area (Å²) in [6.07, 6.45) is 13.3. The highest BCUT2D eigenvalue weighted by molar-refractivity contribution is 5.65. The second kappa shape index (κ2) is 13.5. The van der Waals surface area contributed by atoms with Gasteiger partial charge in [0, 0.05) is 13.5 Å². The Kier molecular flexibility index (Phi) is 13.0. The van der Waals surface area contributed by atoms with Gasteiger partial charge in [0.1, 0.15) is 0 Å². The first kappa shape index (κ1) is 16.4. The van der Waals surface area contributed by atoms with Crippen molar-refractivity contribution < 1.29 is 9.63 Å². The van der Waals surface area contributed by atoms with Crippen LogP contribution >= 0.6 is 0 Å². The number of unbranched alkanes of at least 4 members (excludes halogenated alkanes) is 9. The number of rotatable bonds is 12. The molecule has 0 bridgehead atoms. The summed E-state index contributed by atoms with van der Waals surface area (Å²) < 4.78 is 0. The van der Waals surface area contributed by atoms with E-state index in [9.17, 15) is 4.79 Å². The number of carbonyl (C=O) groups excluding carboxylic acids is 1. The summed E-state index contributed by atoms with van der Waals surface area (Å²) in [6, 6.07) is 0. The molecule has 0 aliphatic rings. The Morgan fingerprint density at radius 1 is 0.882 bits per heavy atom. The van der Waals surface area contributed by atoms with Gasteiger partial charge in [-0.25, -0.2) is 0 Å². The molecule has 0 saturated heterocycles. The summed E-state index contributed by atoms with van der Waals surface area (Å²) in [5.41, 5.74) is 2.66. The van der Waals surface area contributed by atoms with Gasteiger partial charge in [-0.1, -0.05) is 64.7 Å². The number of hydrogen-bond acceptors (Lipinski definition) is 3. The number of hydroxylamine groups is 1. The van der Waals surface area contributed by atoms with E-state index in [1.807, 2.05) is 0 Å².